The van der Waals surface area contributed by atoms with Crippen LogP contribution in [0.2, 0.25) is 0 Å². The summed E-state index contributed by atoms with van der Waals surface area (Å²) in [4.78, 5) is 42.2. The second-order valence-electron chi connectivity index (χ2n) is 13.9. The Morgan fingerprint density at radius 1 is 0.750 bits per heavy atom. The minimum Gasteiger partial charge on any atom is -0.443 e. The van der Waals surface area contributed by atoms with Crippen LogP contribution in [-0.4, -0.2) is 65.3 Å². The fraction of sp³-hybridized carbons (Fsp3) is 0.583. The number of amides is 3. The molecule has 2 N–H and O–H groups in total. The lowest BCUT2D eigenvalue weighted by Gasteiger charge is -2.37. The minimum absolute atomic E-state index is 0.0997. The van der Waals surface area contributed by atoms with Crippen molar-refractivity contribution in [1.29, 1.82) is 0 Å². The van der Waals surface area contributed by atoms with Gasteiger partial charge in [-0.05, 0) is 90.9 Å². The van der Waals surface area contributed by atoms with E-state index in [1.165, 1.54) is 0 Å². The summed E-state index contributed by atoms with van der Waals surface area (Å²) in [5.41, 5.74) is 5.90. The maximum absolute atomic E-state index is 13.3. The first kappa shape index (κ1) is 35.1. The molecule has 1 atom stereocenters. The molecule has 242 valence electrons. The zero-order valence-corrected chi connectivity index (χ0v) is 27.6. The van der Waals surface area contributed by atoms with Gasteiger partial charge in [0.2, 0.25) is 5.91 Å². The van der Waals surface area contributed by atoms with Gasteiger partial charge in [-0.25, -0.2) is 14.5 Å². The topological polar surface area (TPSA) is 102 Å². The zero-order chi connectivity index (χ0) is 32.4. The minimum atomic E-state index is -0.857. The SMILES string of the molecule is CC(C)(C)OC(=O)N(CCCCCCCCN1CC[C@@H](C(C(N)=O)(c2ccccc2)c2ccccc2)C1)C(=O)OC(C)(C)C. The highest BCUT2D eigenvalue weighted by molar-refractivity contribution is 5.91. The highest BCUT2D eigenvalue weighted by Gasteiger charge is 2.49. The summed E-state index contributed by atoms with van der Waals surface area (Å²) < 4.78 is 10.9. The van der Waals surface area contributed by atoms with Crippen LogP contribution < -0.4 is 5.73 Å². The molecule has 3 amide bonds. The van der Waals surface area contributed by atoms with Crippen molar-refractivity contribution in [3.63, 3.8) is 0 Å². The van der Waals surface area contributed by atoms with E-state index in [9.17, 15) is 14.4 Å². The van der Waals surface area contributed by atoms with Crippen molar-refractivity contribution in [3.05, 3.63) is 71.8 Å². The van der Waals surface area contributed by atoms with Crippen LogP contribution in [-0.2, 0) is 19.7 Å². The average molecular weight is 608 g/mol. The third kappa shape index (κ3) is 9.81. The van der Waals surface area contributed by atoms with Crippen molar-refractivity contribution < 1.29 is 23.9 Å². The van der Waals surface area contributed by atoms with Crippen LogP contribution in [0.25, 0.3) is 0 Å². The Balaban J connectivity index is 1.47. The quantitative estimate of drug-likeness (QED) is 0.240. The molecule has 3 rings (SSSR count). The number of hydrogen-bond acceptors (Lipinski definition) is 6. The smallest absolute Gasteiger partial charge is 0.419 e. The van der Waals surface area contributed by atoms with Crippen molar-refractivity contribution in [3.8, 4) is 0 Å². The van der Waals surface area contributed by atoms with E-state index in [-0.39, 0.29) is 18.4 Å². The highest BCUT2D eigenvalue weighted by Crippen LogP contribution is 2.43. The van der Waals surface area contributed by atoms with Gasteiger partial charge >= 0.3 is 12.2 Å². The van der Waals surface area contributed by atoms with Crippen molar-refractivity contribution in [1.82, 2.24) is 9.80 Å². The van der Waals surface area contributed by atoms with Gasteiger partial charge in [-0.1, -0.05) is 86.3 Å². The van der Waals surface area contributed by atoms with E-state index in [0.29, 0.717) is 6.42 Å². The molecule has 8 heteroatoms. The Morgan fingerprint density at radius 3 is 1.66 bits per heavy atom. The highest BCUT2D eigenvalue weighted by atomic mass is 16.6. The summed E-state index contributed by atoms with van der Waals surface area (Å²) in [5.74, 6) is -0.193. The monoisotopic (exact) mass is 607 g/mol. The molecule has 1 aliphatic heterocycles. The van der Waals surface area contributed by atoms with Gasteiger partial charge in [0.1, 0.15) is 16.6 Å². The molecule has 1 fully saturated rings. The van der Waals surface area contributed by atoms with Crippen LogP contribution in [0.5, 0.6) is 0 Å². The third-order valence-electron chi connectivity index (χ3n) is 8.07. The number of primary amides is 1. The van der Waals surface area contributed by atoms with Crippen LogP contribution in [0.15, 0.2) is 60.7 Å². The third-order valence-corrected chi connectivity index (χ3v) is 8.07. The van der Waals surface area contributed by atoms with Gasteiger partial charge in [-0.15, -0.1) is 0 Å². The van der Waals surface area contributed by atoms with Crippen LogP contribution >= 0.6 is 0 Å². The Bertz CT molecular complexity index is 1140. The van der Waals surface area contributed by atoms with Crippen molar-refractivity contribution >= 4 is 18.1 Å². The Hall–Kier alpha value is -3.39. The van der Waals surface area contributed by atoms with E-state index in [0.717, 1.165) is 74.2 Å². The van der Waals surface area contributed by atoms with Crippen molar-refractivity contribution in [2.45, 2.75) is 103 Å². The van der Waals surface area contributed by atoms with E-state index in [1.54, 1.807) is 41.5 Å². The summed E-state index contributed by atoms with van der Waals surface area (Å²) in [6.45, 7) is 13.7. The number of nitrogens with two attached hydrogens (primary N) is 1. The lowest BCUT2D eigenvalue weighted by atomic mass is 9.64. The van der Waals surface area contributed by atoms with Gasteiger partial charge < -0.3 is 20.1 Å². The Morgan fingerprint density at radius 2 is 1.20 bits per heavy atom. The summed E-state index contributed by atoms with van der Waals surface area (Å²) in [5, 5.41) is 0. The summed E-state index contributed by atoms with van der Waals surface area (Å²) in [6.07, 6.45) is 5.45. The molecule has 1 heterocycles. The van der Waals surface area contributed by atoms with Gasteiger partial charge in [0.25, 0.3) is 0 Å². The second-order valence-corrected chi connectivity index (χ2v) is 13.9. The molecule has 8 nitrogen and oxygen atoms in total. The molecule has 2 aromatic carbocycles. The van der Waals surface area contributed by atoms with E-state index in [1.807, 2.05) is 60.7 Å². The predicted molar refractivity (Wildman–Crippen MR) is 174 cm³/mol. The van der Waals surface area contributed by atoms with Gasteiger partial charge in [0.15, 0.2) is 0 Å². The summed E-state index contributed by atoms with van der Waals surface area (Å²) in [7, 11) is 0. The zero-order valence-electron chi connectivity index (χ0n) is 27.6. The van der Waals surface area contributed by atoms with Crippen LogP contribution in [0.4, 0.5) is 9.59 Å². The molecule has 0 bridgehead atoms. The number of hydrogen-bond donors (Lipinski definition) is 1. The lowest BCUT2D eigenvalue weighted by Crippen LogP contribution is -2.49. The molecule has 0 saturated carbocycles. The molecular weight excluding hydrogens is 554 g/mol. The molecule has 0 aliphatic carbocycles. The van der Waals surface area contributed by atoms with Gasteiger partial charge in [-0.2, -0.15) is 0 Å². The molecule has 1 saturated heterocycles. The summed E-state index contributed by atoms with van der Waals surface area (Å²) in [6, 6.07) is 20.0. The van der Waals surface area contributed by atoms with Crippen molar-refractivity contribution in [2.75, 3.05) is 26.2 Å². The number of unbranched alkanes of at least 4 members (excludes halogenated alkanes) is 5. The van der Waals surface area contributed by atoms with E-state index in [2.05, 4.69) is 4.90 Å². The Labute approximate surface area is 264 Å². The first-order valence-corrected chi connectivity index (χ1v) is 16.1. The number of ether oxygens (including phenoxy) is 2. The molecule has 44 heavy (non-hydrogen) atoms. The maximum atomic E-state index is 13.3. The second kappa shape index (κ2) is 15.6. The number of benzene rings is 2. The molecule has 0 aromatic heterocycles. The molecule has 2 aromatic rings. The first-order chi connectivity index (χ1) is 20.7. The van der Waals surface area contributed by atoms with Gasteiger partial charge in [-0.3, -0.25) is 4.79 Å². The number of carbonyl (C=O) groups excluding carboxylic acids is 3. The number of likely N-dealkylation sites (tertiary alicyclic amines) is 1. The number of imide groups is 1. The van der Waals surface area contributed by atoms with Crippen LogP contribution in [0.3, 0.4) is 0 Å². The van der Waals surface area contributed by atoms with Crippen LogP contribution in [0.1, 0.15) is 97.6 Å². The maximum Gasteiger partial charge on any atom is 0.419 e. The Kier molecular flexibility index (Phi) is 12.4. The van der Waals surface area contributed by atoms with E-state index >= 15 is 0 Å². The average Bonchev–Trinajstić information content (AvgIpc) is 3.40. The number of carbonyl (C=O) groups is 3. The fourth-order valence-electron chi connectivity index (χ4n) is 6.12. The number of rotatable bonds is 13. The molecule has 0 radical (unpaired) electrons. The molecule has 1 aliphatic rings. The molecule has 0 spiro atoms. The standard InChI is InChI=1S/C36H53N3O5/c1-34(2,3)43-32(41)39(33(42)44-35(4,5)6)25-18-10-8-7-9-17-24-38-26-23-30(27-38)36(31(37)40,28-19-13-11-14-20-28)29-21-15-12-16-22-29/h11-16,19-22,30H,7-10,17-18,23-27H2,1-6H3,(H2,37,40)/t30-/m1/s1. The fourth-order valence-corrected chi connectivity index (χ4v) is 6.12. The molecule has 0 unspecified atom stereocenters. The normalized spacial score (nSPS) is 16.0. The van der Waals surface area contributed by atoms with Crippen molar-refractivity contribution in [2.24, 2.45) is 11.7 Å². The van der Waals surface area contributed by atoms with Crippen LogP contribution in [0, 0.1) is 5.92 Å². The summed E-state index contributed by atoms with van der Waals surface area (Å²) >= 11 is 0. The lowest BCUT2D eigenvalue weighted by molar-refractivity contribution is -0.123. The number of nitrogens with zero attached hydrogens (tertiary/aromatic N) is 2. The predicted octanol–water partition coefficient (Wildman–Crippen LogP) is 7.29. The first-order valence-electron chi connectivity index (χ1n) is 16.1. The molecular formula is C36H53N3O5. The van der Waals surface area contributed by atoms with E-state index < -0.39 is 28.8 Å². The van der Waals surface area contributed by atoms with E-state index in [4.69, 9.17) is 15.2 Å². The van der Waals surface area contributed by atoms with Gasteiger partial charge in [0.05, 0.1) is 0 Å². The largest absolute Gasteiger partial charge is 0.443 e. The van der Waals surface area contributed by atoms with Gasteiger partial charge in [0, 0.05) is 13.1 Å².